The van der Waals surface area contributed by atoms with E-state index in [-0.39, 0.29) is 29.7 Å². The molecule has 2 heterocycles. The second kappa shape index (κ2) is 13.0. The van der Waals surface area contributed by atoms with Crippen molar-refractivity contribution in [3.05, 3.63) is 96.1 Å². The van der Waals surface area contributed by atoms with Crippen molar-refractivity contribution in [3.8, 4) is 11.5 Å². The molecule has 0 radical (unpaired) electrons. The third kappa shape index (κ3) is 6.57. The molecule has 0 aromatic heterocycles. The number of carbonyl (C=O) groups is 2. The predicted octanol–water partition coefficient (Wildman–Crippen LogP) is 4.30. The zero-order valence-corrected chi connectivity index (χ0v) is 23.1. The Bertz CT molecular complexity index is 1200. The number of carbonyl (C=O) groups excluding carboxylic acids is 2. The van der Waals surface area contributed by atoms with Crippen molar-refractivity contribution in [1.82, 2.24) is 14.7 Å². The summed E-state index contributed by atoms with van der Waals surface area (Å²) in [6.07, 6.45) is -0.105. The first-order valence-corrected chi connectivity index (χ1v) is 14.5. The quantitative estimate of drug-likeness (QED) is 0.374. The average molecular weight is 546 g/mol. The van der Waals surface area contributed by atoms with Crippen LogP contribution in [0.5, 0.6) is 11.5 Å². The van der Waals surface area contributed by atoms with E-state index in [0.717, 1.165) is 18.8 Å². The fraction of sp³-hybridized carbons (Fsp3) is 0.355. The van der Waals surface area contributed by atoms with Crippen molar-refractivity contribution in [2.24, 2.45) is 0 Å². The monoisotopic (exact) mass is 545 g/mol. The SMILES string of the molecule is COc1ccccc1OC[C@H]1SCCN1C(=O)CC(=O)N1CCN(C(c2ccccc2)c2ccccc2)CC1. The van der Waals surface area contributed by atoms with Gasteiger partial charge >= 0.3 is 0 Å². The minimum absolute atomic E-state index is 0.100. The number of hydrogen-bond donors (Lipinski definition) is 0. The largest absolute Gasteiger partial charge is 0.493 e. The van der Waals surface area contributed by atoms with E-state index in [9.17, 15) is 9.59 Å². The van der Waals surface area contributed by atoms with E-state index >= 15 is 0 Å². The van der Waals surface area contributed by atoms with Gasteiger partial charge in [-0.1, -0.05) is 72.8 Å². The molecule has 2 fully saturated rings. The maximum Gasteiger partial charge on any atom is 0.233 e. The lowest BCUT2D eigenvalue weighted by molar-refractivity contribution is -0.142. The number of ether oxygens (including phenoxy) is 2. The number of para-hydroxylation sites is 2. The third-order valence-electron chi connectivity index (χ3n) is 7.33. The Balaban J connectivity index is 1.16. The van der Waals surface area contributed by atoms with Gasteiger partial charge in [0, 0.05) is 38.5 Å². The summed E-state index contributed by atoms with van der Waals surface area (Å²) < 4.78 is 11.3. The number of piperazine rings is 1. The number of nitrogens with zero attached hydrogens (tertiary/aromatic N) is 3. The minimum Gasteiger partial charge on any atom is -0.493 e. The standard InChI is InChI=1S/C31H35N3O4S/c1-37-26-14-8-9-15-27(26)38-23-30-34(20-21-39-30)29(36)22-28(35)32-16-18-33(19-17-32)31(24-10-4-2-5-11-24)25-12-6-3-7-13-25/h2-15,30-31H,16-23H2,1H3/t30-/m1/s1. The molecule has 8 heteroatoms. The van der Waals surface area contributed by atoms with Crippen LogP contribution in [0, 0.1) is 0 Å². The van der Waals surface area contributed by atoms with Gasteiger partial charge in [-0.25, -0.2) is 0 Å². The summed E-state index contributed by atoms with van der Waals surface area (Å²) in [5.41, 5.74) is 2.48. The molecule has 3 aromatic rings. The molecule has 2 amide bonds. The minimum atomic E-state index is -0.132. The van der Waals surface area contributed by atoms with E-state index in [1.165, 1.54) is 11.1 Å². The van der Waals surface area contributed by atoms with Gasteiger partial charge in [-0.2, -0.15) is 0 Å². The van der Waals surface area contributed by atoms with Crippen LogP contribution in [0.3, 0.4) is 0 Å². The van der Waals surface area contributed by atoms with Crippen molar-refractivity contribution in [3.63, 3.8) is 0 Å². The zero-order valence-electron chi connectivity index (χ0n) is 22.3. The van der Waals surface area contributed by atoms with Gasteiger partial charge in [-0.3, -0.25) is 14.5 Å². The van der Waals surface area contributed by atoms with Gasteiger partial charge in [0.05, 0.1) is 13.2 Å². The maximum absolute atomic E-state index is 13.2. The van der Waals surface area contributed by atoms with Crippen LogP contribution in [0.2, 0.25) is 0 Å². The van der Waals surface area contributed by atoms with Crippen LogP contribution in [0.25, 0.3) is 0 Å². The van der Waals surface area contributed by atoms with E-state index < -0.39 is 0 Å². The summed E-state index contributed by atoms with van der Waals surface area (Å²) in [6, 6.07) is 28.6. The molecule has 7 nitrogen and oxygen atoms in total. The Morgan fingerprint density at radius 1 is 0.795 bits per heavy atom. The maximum atomic E-state index is 13.2. The highest BCUT2D eigenvalue weighted by atomic mass is 32.2. The topological polar surface area (TPSA) is 62.3 Å². The van der Waals surface area contributed by atoms with Gasteiger partial charge < -0.3 is 19.3 Å². The Labute approximate surface area is 234 Å². The lowest BCUT2D eigenvalue weighted by Crippen LogP contribution is -2.51. The first kappa shape index (κ1) is 27.1. The molecular weight excluding hydrogens is 510 g/mol. The van der Waals surface area contributed by atoms with Gasteiger partial charge in [0.25, 0.3) is 0 Å². The van der Waals surface area contributed by atoms with Crippen LogP contribution in [0.4, 0.5) is 0 Å². The molecule has 0 aliphatic carbocycles. The summed E-state index contributed by atoms with van der Waals surface area (Å²) >= 11 is 1.68. The van der Waals surface area contributed by atoms with Gasteiger partial charge in [-0.15, -0.1) is 11.8 Å². The number of methoxy groups -OCH3 is 1. The Morgan fingerprint density at radius 2 is 1.38 bits per heavy atom. The summed E-state index contributed by atoms with van der Waals surface area (Å²) in [4.78, 5) is 32.4. The Kier molecular flexibility index (Phi) is 9.06. The van der Waals surface area contributed by atoms with E-state index in [4.69, 9.17) is 9.47 Å². The van der Waals surface area contributed by atoms with Crippen LogP contribution in [0.15, 0.2) is 84.9 Å². The van der Waals surface area contributed by atoms with E-state index in [1.54, 1.807) is 23.8 Å². The van der Waals surface area contributed by atoms with Crippen molar-refractivity contribution in [1.29, 1.82) is 0 Å². The van der Waals surface area contributed by atoms with Gasteiger partial charge in [0.1, 0.15) is 18.4 Å². The number of rotatable bonds is 9. The van der Waals surface area contributed by atoms with Gasteiger partial charge in [-0.05, 0) is 23.3 Å². The number of thioether (sulfide) groups is 1. The molecule has 1 atom stereocenters. The number of benzene rings is 3. The number of amides is 2. The average Bonchev–Trinajstić information content (AvgIpc) is 3.47. The van der Waals surface area contributed by atoms with Gasteiger partial charge in [0.15, 0.2) is 11.5 Å². The molecule has 2 saturated heterocycles. The molecule has 2 aliphatic heterocycles. The van der Waals surface area contributed by atoms with Crippen molar-refractivity contribution >= 4 is 23.6 Å². The first-order chi connectivity index (χ1) is 19.1. The Morgan fingerprint density at radius 3 is 2.00 bits per heavy atom. The molecule has 204 valence electrons. The lowest BCUT2D eigenvalue weighted by Gasteiger charge is -2.40. The highest BCUT2D eigenvalue weighted by molar-refractivity contribution is 8.00. The summed E-state index contributed by atoms with van der Waals surface area (Å²) in [6.45, 7) is 3.70. The van der Waals surface area contributed by atoms with Crippen molar-refractivity contribution < 1.29 is 19.1 Å². The molecule has 2 aliphatic rings. The fourth-order valence-electron chi connectivity index (χ4n) is 5.30. The van der Waals surface area contributed by atoms with Crippen LogP contribution >= 0.6 is 11.8 Å². The molecular formula is C31H35N3O4S. The van der Waals surface area contributed by atoms with Crippen LogP contribution in [-0.4, -0.2) is 84.1 Å². The van der Waals surface area contributed by atoms with Crippen molar-refractivity contribution in [2.75, 3.05) is 52.2 Å². The molecule has 0 N–H and O–H groups in total. The lowest BCUT2D eigenvalue weighted by atomic mass is 9.96. The van der Waals surface area contributed by atoms with Gasteiger partial charge in [0.2, 0.25) is 11.8 Å². The normalized spacial score (nSPS) is 17.8. The van der Waals surface area contributed by atoms with E-state index in [2.05, 4.69) is 53.4 Å². The van der Waals surface area contributed by atoms with Crippen LogP contribution < -0.4 is 9.47 Å². The van der Waals surface area contributed by atoms with Crippen LogP contribution in [-0.2, 0) is 9.59 Å². The molecule has 0 saturated carbocycles. The molecule has 3 aromatic carbocycles. The summed E-state index contributed by atoms with van der Waals surface area (Å²) in [7, 11) is 1.61. The highest BCUT2D eigenvalue weighted by Crippen LogP contribution is 2.31. The zero-order chi connectivity index (χ0) is 27.0. The second-order valence-corrected chi connectivity index (χ2v) is 11.0. The summed E-state index contributed by atoms with van der Waals surface area (Å²) in [5, 5.41) is -0.121. The molecule has 5 rings (SSSR count). The molecule has 0 unspecified atom stereocenters. The second-order valence-electron chi connectivity index (χ2n) is 9.69. The van der Waals surface area contributed by atoms with Crippen molar-refractivity contribution in [2.45, 2.75) is 17.8 Å². The molecule has 39 heavy (non-hydrogen) atoms. The third-order valence-corrected chi connectivity index (χ3v) is 8.52. The molecule has 0 spiro atoms. The smallest absolute Gasteiger partial charge is 0.233 e. The van der Waals surface area contributed by atoms with E-state index in [1.807, 2.05) is 41.3 Å². The molecule has 0 bridgehead atoms. The van der Waals surface area contributed by atoms with Crippen LogP contribution in [0.1, 0.15) is 23.6 Å². The fourth-order valence-corrected chi connectivity index (χ4v) is 6.44. The summed E-state index contributed by atoms with van der Waals surface area (Å²) in [5.74, 6) is 1.91. The number of hydrogen-bond acceptors (Lipinski definition) is 6. The first-order valence-electron chi connectivity index (χ1n) is 13.4. The predicted molar refractivity (Wildman–Crippen MR) is 154 cm³/mol. The highest BCUT2D eigenvalue weighted by Gasteiger charge is 2.33. The Hall–Kier alpha value is -3.49. The van der Waals surface area contributed by atoms with E-state index in [0.29, 0.717) is 37.7 Å².